The van der Waals surface area contributed by atoms with Crippen molar-refractivity contribution in [2.45, 2.75) is 45.3 Å². The van der Waals surface area contributed by atoms with Gasteiger partial charge in [0, 0.05) is 43.1 Å². The van der Waals surface area contributed by atoms with E-state index in [2.05, 4.69) is 43.6 Å². The van der Waals surface area contributed by atoms with Gasteiger partial charge in [-0.05, 0) is 17.0 Å². The van der Waals surface area contributed by atoms with Crippen LogP contribution in [0.3, 0.4) is 0 Å². The number of piperidine rings is 1. The van der Waals surface area contributed by atoms with Gasteiger partial charge in [-0.3, -0.25) is 4.98 Å². The fraction of sp³-hybridized carbons (Fsp3) is 0.667. The van der Waals surface area contributed by atoms with Gasteiger partial charge in [-0.1, -0.05) is 27.7 Å². The fourth-order valence-corrected chi connectivity index (χ4v) is 2.75. The van der Waals surface area contributed by atoms with Crippen LogP contribution >= 0.6 is 0 Å². The van der Waals surface area contributed by atoms with E-state index in [1.54, 1.807) is 0 Å². The van der Waals surface area contributed by atoms with Gasteiger partial charge >= 0.3 is 0 Å². The summed E-state index contributed by atoms with van der Waals surface area (Å²) in [5.41, 5.74) is 8.52. The molecule has 0 aromatic carbocycles. The number of rotatable bonds is 1. The van der Waals surface area contributed by atoms with Crippen molar-refractivity contribution in [2.75, 3.05) is 18.0 Å². The average Bonchev–Trinajstić information content (AvgIpc) is 2.34. The van der Waals surface area contributed by atoms with Gasteiger partial charge < -0.3 is 15.7 Å². The highest BCUT2D eigenvalue weighted by molar-refractivity contribution is 5.55. The molecule has 1 aromatic heterocycles. The molecule has 0 bridgehead atoms. The summed E-state index contributed by atoms with van der Waals surface area (Å²) in [6.45, 7) is 10.1. The molecule has 4 nitrogen and oxygen atoms in total. The highest BCUT2D eigenvalue weighted by atomic mass is 16.3. The lowest BCUT2D eigenvalue weighted by Crippen LogP contribution is -2.56. The van der Waals surface area contributed by atoms with Gasteiger partial charge in [0.25, 0.3) is 0 Å². The Morgan fingerprint density at radius 1 is 1.37 bits per heavy atom. The van der Waals surface area contributed by atoms with Crippen LogP contribution in [0.5, 0.6) is 0 Å². The lowest BCUT2D eigenvalue weighted by Gasteiger charge is -2.41. The number of hydrogen-bond donors (Lipinski definition) is 2. The number of anilines is 1. The molecule has 0 aliphatic carbocycles. The standard InChI is InChI=1S/C15H25N3O/c1-10-8-18(9-12(16)14(10)19)13-5-6-17-7-11(13)15(2,3)4/h5-7,10,12,14,19H,8-9,16H2,1-4H3/t10-,12+,14+/m0/s1. The first-order valence-corrected chi connectivity index (χ1v) is 6.94. The molecular weight excluding hydrogens is 238 g/mol. The van der Waals surface area contributed by atoms with Crippen LogP contribution in [-0.2, 0) is 5.41 Å². The summed E-state index contributed by atoms with van der Waals surface area (Å²) >= 11 is 0. The molecule has 2 rings (SSSR count). The van der Waals surface area contributed by atoms with Crippen LogP contribution in [-0.4, -0.2) is 35.3 Å². The van der Waals surface area contributed by atoms with Gasteiger partial charge in [0.1, 0.15) is 0 Å². The van der Waals surface area contributed by atoms with Crippen LogP contribution in [0.2, 0.25) is 0 Å². The Labute approximate surface area is 115 Å². The van der Waals surface area contributed by atoms with Crippen LogP contribution in [0.25, 0.3) is 0 Å². The van der Waals surface area contributed by atoms with Gasteiger partial charge in [0.05, 0.1) is 6.10 Å². The second-order valence-corrected chi connectivity index (χ2v) is 6.68. The number of nitrogens with two attached hydrogens (primary N) is 1. The first-order chi connectivity index (χ1) is 8.80. The summed E-state index contributed by atoms with van der Waals surface area (Å²) in [4.78, 5) is 6.53. The number of aliphatic hydroxyl groups is 1. The predicted molar refractivity (Wildman–Crippen MR) is 78.3 cm³/mol. The second kappa shape index (κ2) is 5.10. The van der Waals surface area contributed by atoms with E-state index in [0.29, 0.717) is 6.54 Å². The van der Waals surface area contributed by atoms with Crippen LogP contribution in [0.15, 0.2) is 18.5 Å². The monoisotopic (exact) mass is 263 g/mol. The zero-order valence-corrected chi connectivity index (χ0v) is 12.3. The molecule has 0 radical (unpaired) electrons. The van der Waals surface area contributed by atoms with Crippen LogP contribution in [0, 0.1) is 5.92 Å². The zero-order chi connectivity index (χ0) is 14.2. The molecular formula is C15H25N3O. The van der Waals surface area contributed by atoms with Crippen molar-refractivity contribution in [1.82, 2.24) is 4.98 Å². The van der Waals surface area contributed by atoms with Crippen molar-refractivity contribution in [2.24, 2.45) is 11.7 Å². The Kier molecular flexibility index (Phi) is 3.83. The topological polar surface area (TPSA) is 62.4 Å². The van der Waals surface area contributed by atoms with E-state index < -0.39 is 6.10 Å². The fourth-order valence-electron chi connectivity index (χ4n) is 2.75. The van der Waals surface area contributed by atoms with E-state index in [-0.39, 0.29) is 17.4 Å². The Morgan fingerprint density at radius 2 is 2.05 bits per heavy atom. The van der Waals surface area contributed by atoms with E-state index in [0.717, 1.165) is 6.54 Å². The molecule has 1 aromatic rings. The molecule has 1 aliphatic rings. The zero-order valence-electron chi connectivity index (χ0n) is 12.3. The molecule has 1 fully saturated rings. The maximum absolute atomic E-state index is 9.98. The molecule has 0 spiro atoms. The molecule has 4 heteroatoms. The van der Waals surface area contributed by atoms with Gasteiger partial charge in [0.2, 0.25) is 0 Å². The van der Waals surface area contributed by atoms with Crippen molar-refractivity contribution in [3.8, 4) is 0 Å². The molecule has 19 heavy (non-hydrogen) atoms. The van der Waals surface area contributed by atoms with E-state index >= 15 is 0 Å². The average molecular weight is 263 g/mol. The summed E-state index contributed by atoms with van der Waals surface area (Å²) < 4.78 is 0. The third-order valence-corrected chi connectivity index (χ3v) is 3.91. The third-order valence-electron chi connectivity index (χ3n) is 3.91. The maximum atomic E-state index is 9.98. The number of nitrogens with zero attached hydrogens (tertiary/aromatic N) is 2. The Hall–Kier alpha value is -1.13. The minimum absolute atomic E-state index is 0.0486. The summed E-state index contributed by atoms with van der Waals surface area (Å²) in [6.07, 6.45) is 3.36. The van der Waals surface area contributed by atoms with Crippen LogP contribution < -0.4 is 10.6 Å². The van der Waals surface area contributed by atoms with E-state index in [1.807, 2.05) is 12.4 Å². The first kappa shape index (κ1) is 14.3. The quantitative estimate of drug-likeness (QED) is 0.806. The largest absolute Gasteiger partial charge is 0.391 e. The lowest BCUT2D eigenvalue weighted by atomic mass is 9.85. The lowest BCUT2D eigenvalue weighted by molar-refractivity contribution is 0.0784. The Balaban J connectivity index is 2.33. The SMILES string of the molecule is C[C@H]1CN(c2ccncc2C(C)(C)C)C[C@@H](N)[C@@H]1O. The Bertz CT molecular complexity index is 429. The van der Waals surface area contributed by atoms with Crippen molar-refractivity contribution in [3.63, 3.8) is 0 Å². The molecule has 3 N–H and O–H groups in total. The smallest absolute Gasteiger partial charge is 0.0750 e. The summed E-state index contributed by atoms with van der Waals surface area (Å²) in [6, 6.07) is 1.86. The van der Waals surface area contributed by atoms with Gasteiger partial charge in [-0.25, -0.2) is 0 Å². The minimum Gasteiger partial charge on any atom is -0.391 e. The number of aliphatic hydroxyl groups excluding tert-OH is 1. The van der Waals surface area contributed by atoms with Gasteiger partial charge in [-0.15, -0.1) is 0 Å². The second-order valence-electron chi connectivity index (χ2n) is 6.68. The van der Waals surface area contributed by atoms with Crippen molar-refractivity contribution < 1.29 is 5.11 Å². The van der Waals surface area contributed by atoms with Crippen LogP contribution in [0.1, 0.15) is 33.3 Å². The highest BCUT2D eigenvalue weighted by Crippen LogP contribution is 2.33. The van der Waals surface area contributed by atoms with E-state index in [9.17, 15) is 5.11 Å². The summed E-state index contributed by atoms with van der Waals surface area (Å²) in [5.74, 6) is 0.185. The molecule has 0 saturated carbocycles. The normalized spacial score (nSPS) is 28.5. The number of aromatic nitrogens is 1. The molecule has 0 unspecified atom stereocenters. The van der Waals surface area contributed by atoms with Gasteiger partial charge in [0.15, 0.2) is 0 Å². The molecule has 3 atom stereocenters. The van der Waals surface area contributed by atoms with Crippen molar-refractivity contribution in [3.05, 3.63) is 24.0 Å². The maximum Gasteiger partial charge on any atom is 0.0750 e. The molecule has 2 heterocycles. The molecule has 106 valence electrons. The minimum atomic E-state index is -0.406. The van der Waals surface area contributed by atoms with Crippen molar-refractivity contribution >= 4 is 5.69 Å². The number of hydrogen-bond acceptors (Lipinski definition) is 4. The Morgan fingerprint density at radius 3 is 2.63 bits per heavy atom. The summed E-state index contributed by atoms with van der Waals surface area (Å²) in [7, 11) is 0. The molecule has 0 amide bonds. The van der Waals surface area contributed by atoms with Crippen molar-refractivity contribution in [1.29, 1.82) is 0 Å². The summed E-state index contributed by atoms with van der Waals surface area (Å²) in [5, 5.41) is 9.98. The third kappa shape index (κ3) is 2.90. The van der Waals surface area contributed by atoms with E-state index in [4.69, 9.17) is 5.73 Å². The highest BCUT2D eigenvalue weighted by Gasteiger charge is 2.32. The van der Waals surface area contributed by atoms with Crippen LogP contribution in [0.4, 0.5) is 5.69 Å². The molecule has 1 aliphatic heterocycles. The first-order valence-electron chi connectivity index (χ1n) is 6.94. The van der Waals surface area contributed by atoms with Gasteiger partial charge in [-0.2, -0.15) is 0 Å². The predicted octanol–water partition coefficient (Wildman–Crippen LogP) is 1.52. The van der Waals surface area contributed by atoms with E-state index in [1.165, 1.54) is 11.3 Å². The molecule has 1 saturated heterocycles. The number of pyridine rings is 1.